The summed E-state index contributed by atoms with van der Waals surface area (Å²) in [6.45, 7) is 1.41. The zero-order valence-electron chi connectivity index (χ0n) is 8.22. The first-order valence-electron chi connectivity index (χ1n) is 4.81. The average Bonchev–Trinajstić information content (AvgIpc) is 2.68. The van der Waals surface area contributed by atoms with E-state index >= 15 is 0 Å². The van der Waals surface area contributed by atoms with Gasteiger partial charge in [-0.2, -0.15) is 0 Å². The van der Waals surface area contributed by atoms with E-state index in [-0.39, 0.29) is 17.6 Å². The van der Waals surface area contributed by atoms with Gasteiger partial charge in [0.25, 0.3) is 0 Å². The fraction of sp³-hybridized carbons (Fsp3) is 0.556. The molecule has 2 heterocycles. The van der Waals surface area contributed by atoms with E-state index in [0.29, 0.717) is 6.54 Å². The van der Waals surface area contributed by atoms with E-state index in [0.717, 1.165) is 12.3 Å². The Balaban J connectivity index is 2.12. The topological polar surface area (TPSA) is 85.3 Å². The molecule has 6 heteroatoms. The van der Waals surface area contributed by atoms with Crippen LogP contribution in [0.3, 0.4) is 0 Å². The highest BCUT2D eigenvalue weighted by Crippen LogP contribution is 2.28. The van der Waals surface area contributed by atoms with Crippen LogP contribution in [0.5, 0.6) is 0 Å². The van der Waals surface area contributed by atoms with Crippen molar-refractivity contribution in [3.8, 4) is 0 Å². The van der Waals surface area contributed by atoms with Gasteiger partial charge >= 0.3 is 0 Å². The number of primary sulfonamides is 1. The minimum absolute atomic E-state index is 0.00532. The van der Waals surface area contributed by atoms with Crippen LogP contribution >= 0.6 is 0 Å². The van der Waals surface area contributed by atoms with E-state index in [1.54, 1.807) is 6.26 Å². The van der Waals surface area contributed by atoms with Crippen molar-refractivity contribution in [1.29, 1.82) is 0 Å². The fourth-order valence-electron chi connectivity index (χ4n) is 2.04. The Hall–Kier alpha value is -0.850. The monoisotopic (exact) mass is 230 g/mol. The summed E-state index contributed by atoms with van der Waals surface area (Å²) in [7, 11) is -3.41. The number of sulfonamides is 1. The van der Waals surface area contributed by atoms with Crippen LogP contribution in [0.1, 0.15) is 11.7 Å². The van der Waals surface area contributed by atoms with Crippen LogP contribution in [-0.2, 0) is 10.0 Å². The van der Waals surface area contributed by atoms with Crippen LogP contribution in [0.2, 0.25) is 0 Å². The molecule has 0 spiro atoms. The molecule has 15 heavy (non-hydrogen) atoms. The molecule has 0 aliphatic carbocycles. The van der Waals surface area contributed by atoms with Crippen molar-refractivity contribution in [3.63, 3.8) is 0 Å². The predicted octanol–water partition coefficient (Wildman–Crippen LogP) is -0.129. The van der Waals surface area contributed by atoms with Crippen LogP contribution in [0.25, 0.3) is 0 Å². The summed E-state index contributed by atoms with van der Waals surface area (Å²) >= 11 is 0. The van der Waals surface area contributed by atoms with Crippen molar-refractivity contribution < 1.29 is 12.8 Å². The molecule has 1 aliphatic heterocycles. The summed E-state index contributed by atoms with van der Waals surface area (Å²) in [5, 5.41) is 8.20. The van der Waals surface area contributed by atoms with Crippen LogP contribution in [-0.4, -0.2) is 27.3 Å². The lowest BCUT2D eigenvalue weighted by molar-refractivity contribution is 0.430. The molecule has 1 aliphatic rings. The molecule has 3 N–H and O–H groups in total. The summed E-state index contributed by atoms with van der Waals surface area (Å²) in [5.41, 5.74) is 0. The van der Waals surface area contributed by atoms with Crippen molar-refractivity contribution in [2.75, 3.05) is 18.8 Å². The highest BCUT2D eigenvalue weighted by atomic mass is 32.2. The van der Waals surface area contributed by atoms with E-state index < -0.39 is 10.0 Å². The molecule has 5 nitrogen and oxygen atoms in total. The second-order valence-electron chi connectivity index (χ2n) is 3.87. The van der Waals surface area contributed by atoms with Crippen molar-refractivity contribution in [1.82, 2.24) is 5.32 Å². The minimum Gasteiger partial charge on any atom is -0.469 e. The third-order valence-corrected chi connectivity index (χ3v) is 3.59. The molecule has 84 valence electrons. The number of rotatable bonds is 3. The van der Waals surface area contributed by atoms with E-state index in [1.165, 1.54) is 0 Å². The zero-order chi connectivity index (χ0) is 10.9. The quantitative estimate of drug-likeness (QED) is 0.757. The van der Waals surface area contributed by atoms with E-state index in [4.69, 9.17) is 9.56 Å². The van der Waals surface area contributed by atoms with Gasteiger partial charge in [0.2, 0.25) is 10.0 Å². The standard InChI is InChI=1S/C9H14N2O3S/c10-15(12,13)6-7-4-11-5-8(7)9-2-1-3-14-9/h1-3,7-8,11H,4-6H2,(H2,10,12,13). The Morgan fingerprint density at radius 2 is 2.33 bits per heavy atom. The largest absolute Gasteiger partial charge is 0.469 e. The van der Waals surface area contributed by atoms with Crippen molar-refractivity contribution >= 4 is 10.0 Å². The van der Waals surface area contributed by atoms with Crippen molar-refractivity contribution in [3.05, 3.63) is 24.2 Å². The normalized spacial score (nSPS) is 27.0. The second-order valence-corrected chi connectivity index (χ2v) is 5.53. The molecular weight excluding hydrogens is 216 g/mol. The van der Waals surface area contributed by atoms with Crippen LogP contribution < -0.4 is 10.5 Å². The van der Waals surface area contributed by atoms with Crippen LogP contribution in [0.15, 0.2) is 22.8 Å². The van der Waals surface area contributed by atoms with Gasteiger partial charge in [0.05, 0.1) is 12.0 Å². The van der Waals surface area contributed by atoms with Crippen LogP contribution in [0.4, 0.5) is 0 Å². The molecule has 0 saturated carbocycles. The minimum atomic E-state index is -3.41. The number of nitrogens with one attached hydrogen (secondary N) is 1. The third-order valence-electron chi connectivity index (χ3n) is 2.69. The van der Waals surface area contributed by atoms with E-state index in [1.807, 2.05) is 12.1 Å². The van der Waals surface area contributed by atoms with Gasteiger partial charge in [-0.3, -0.25) is 0 Å². The van der Waals surface area contributed by atoms with Gasteiger partial charge in [-0.1, -0.05) is 0 Å². The van der Waals surface area contributed by atoms with Gasteiger partial charge in [-0.05, 0) is 24.6 Å². The fourth-order valence-corrected chi connectivity index (χ4v) is 2.99. The Morgan fingerprint density at radius 1 is 1.53 bits per heavy atom. The number of furan rings is 1. The predicted molar refractivity (Wildman–Crippen MR) is 55.8 cm³/mol. The highest BCUT2D eigenvalue weighted by Gasteiger charge is 2.32. The Bertz CT molecular complexity index is 413. The second kappa shape index (κ2) is 3.96. The zero-order valence-corrected chi connectivity index (χ0v) is 9.03. The molecular formula is C9H14N2O3S. The van der Waals surface area contributed by atoms with Crippen molar-refractivity contribution in [2.45, 2.75) is 5.92 Å². The van der Waals surface area contributed by atoms with Gasteiger partial charge in [-0.25, -0.2) is 13.6 Å². The first-order valence-corrected chi connectivity index (χ1v) is 6.52. The summed E-state index contributed by atoms with van der Waals surface area (Å²) in [6, 6.07) is 3.68. The molecule has 1 saturated heterocycles. The highest BCUT2D eigenvalue weighted by molar-refractivity contribution is 7.89. The third kappa shape index (κ3) is 2.58. The van der Waals surface area contributed by atoms with Crippen LogP contribution in [0, 0.1) is 5.92 Å². The maximum atomic E-state index is 11.0. The Kier molecular flexibility index (Phi) is 2.81. The molecule has 2 rings (SSSR count). The lowest BCUT2D eigenvalue weighted by atomic mass is 9.95. The SMILES string of the molecule is NS(=O)(=O)CC1CNCC1c1ccco1. The van der Waals surface area contributed by atoms with Gasteiger partial charge < -0.3 is 9.73 Å². The van der Waals surface area contributed by atoms with Gasteiger partial charge in [0.15, 0.2) is 0 Å². The maximum absolute atomic E-state index is 11.0. The first kappa shape index (κ1) is 10.7. The first-order chi connectivity index (χ1) is 7.06. The van der Waals surface area contributed by atoms with Crippen molar-refractivity contribution in [2.24, 2.45) is 11.1 Å². The number of hydrogen-bond donors (Lipinski definition) is 2. The molecule has 2 atom stereocenters. The molecule has 0 amide bonds. The number of hydrogen-bond acceptors (Lipinski definition) is 4. The maximum Gasteiger partial charge on any atom is 0.209 e. The lowest BCUT2D eigenvalue weighted by Gasteiger charge is -2.14. The molecule has 1 aromatic heterocycles. The summed E-state index contributed by atoms with van der Waals surface area (Å²) < 4.78 is 27.3. The molecule has 0 aromatic carbocycles. The smallest absolute Gasteiger partial charge is 0.209 e. The van der Waals surface area contributed by atoms with Gasteiger partial charge in [-0.15, -0.1) is 0 Å². The summed E-state index contributed by atoms with van der Waals surface area (Å²) in [5.74, 6) is 0.948. The van der Waals surface area contributed by atoms with E-state index in [2.05, 4.69) is 5.32 Å². The van der Waals surface area contributed by atoms with Gasteiger partial charge in [0.1, 0.15) is 5.76 Å². The number of nitrogens with two attached hydrogens (primary N) is 1. The Labute approximate surface area is 88.7 Å². The molecule has 0 radical (unpaired) electrons. The summed E-state index contributed by atoms with van der Waals surface area (Å²) in [6.07, 6.45) is 1.60. The van der Waals surface area contributed by atoms with Gasteiger partial charge in [0, 0.05) is 12.5 Å². The summed E-state index contributed by atoms with van der Waals surface area (Å²) in [4.78, 5) is 0. The molecule has 0 bridgehead atoms. The molecule has 1 fully saturated rings. The molecule has 1 aromatic rings. The van der Waals surface area contributed by atoms with E-state index in [9.17, 15) is 8.42 Å². The molecule has 2 unspecified atom stereocenters. The average molecular weight is 230 g/mol. The Morgan fingerprint density at radius 3 is 2.93 bits per heavy atom. The lowest BCUT2D eigenvalue weighted by Crippen LogP contribution is -2.26.